The standard InChI is InChI=1S/C19H15Cl2NO3/c1-22-11-18(25-17-9-5-8-15(20)19(17)21)16(23)10-13(22)12-24-14-6-3-2-4-7-14/h2-11H,12H2,1H3. The number of aromatic nitrogens is 1. The molecule has 128 valence electrons. The van der Waals surface area contributed by atoms with Crippen molar-refractivity contribution in [2.45, 2.75) is 6.61 Å². The fourth-order valence-corrected chi connectivity index (χ4v) is 2.55. The number of nitrogens with zero attached hydrogens (tertiary/aromatic N) is 1. The number of aryl methyl sites for hydroxylation is 1. The Morgan fingerprint density at radius 3 is 2.52 bits per heavy atom. The number of ether oxygens (including phenoxy) is 2. The molecule has 0 saturated carbocycles. The Labute approximate surface area is 155 Å². The van der Waals surface area contributed by atoms with E-state index in [0.29, 0.717) is 10.8 Å². The summed E-state index contributed by atoms with van der Waals surface area (Å²) in [4.78, 5) is 12.3. The third-order valence-electron chi connectivity index (χ3n) is 3.57. The summed E-state index contributed by atoms with van der Waals surface area (Å²) in [5, 5.41) is 0.631. The van der Waals surface area contributed by atoms with Gasteiger partial charge >= 0.3 is 0 Å². The van der Waals surface area contributed by atoms with Crippen LogP contribution in [0.25, 0.3) is 0 Å². The number of para-hydroxylation sites is 1. The summed E-state index contributed by atoms with van der Waals surface area (Å²) < 4.78 is 13.1. The molecule has 0 spiro atoms. The Balaban J connectivity index is 1.80. The molecule has 0 fully saturated rings. The number of halogens is 2. The van der Waals surface area contributed by atoms with E-state index in [1.807, 2.05) is 37.4 Å². The van der Waals surface area contributed by atoms with Crippen LogP contribution >= 0.6 is 23.2 Å². The van der Waals surface area contributed by atoms with Crippen molar-refractivity contribution in [3.05, 3.63) is 86.8 Å². The van der Waals surface area contributed by atoms with E-state index in [2.05, 4.69) is 0 Å². The first-order chi connectivity index (χ1) is 12.0. The summed E-state index contributed by atoms with van der Waals surface area (Å²) in [7, 11) is 1.82. The van der Waals surface area contributed by atoms with Gasteiger partial charge in [-0.2, -0.15) is 0 Å². The van der Waals surface area contributed by atoms with Crippen LogP contribution in [0.1, 0.15) is 5.69 Å². The Bertz CT molecular complexity index is 939. The Kier molecular flexibility index (Phi) is 5.31. The van der Waals surface area contributed by atoms with E-state index < -0.39 is 0 Å². The normalized spacial score (nSPS) is 10.5. The van der Waals surface area contributed by atoms with E-state index in [-0.39, 0.29) is 22.8 Å². The average Bonchev–Trinajstić information content (AvgIpc) is 2.61. The maximum atomic E-state index is 12.3. The molecule has 6 heteroatoms. The summed E-state index contributed by atoms with van der Waals surface area (Å²) in [5.41, 5.74) is 0.458. The van der Waals surface area contributed by atoms with Gasteiger partial charge in [0.05, 0.1) is 16.9 Å². The maximum Gasteiger partial charge on any atom is 0.224 e. The molecule has 0 aliphatic heterocycles. The van der Waals surface area contributed by atoms with Crippen LogP contribution in [0.2, 0.25) is 10.0 Å². The molecule has 0 N–H and O–H groups in total. The van der Waals surface area contributed by atoms with Crippen molar-refractivity contribution in [3.63, 3.8) is 0 Å². The molecule has 0 radical (unpaired) electrons. The van der Waals surface area contributed by atoms with Gasteiger partial charge in [-0.15, -0.1) is 0 Å². The molecule has 0 atom stereocenters. The van der Waals surface area contributed by atoms with Crippen LogP contribution in [0.5, 0.6) is 17.2 Å². The lowest BCUT2D eigenvalue weighted by atomic mass is 10.3. The van der Waals surface area contributed by atoms with Crippen LogP contribution in [-0.4, -0.2) is 4.57 Å². The van der Waals surface area contributed by atoms with Crippen molar-refractivity contribution in [2.24, 2.45) is 7.05 Å². The van der Waals surface area contributed by atoms with Crippen LogP contribution in [-0.2, 0) is 13.7 Å². The van der Waals surface area contributed by atoms with Crippen molar-refractivity contribution in [3.8, 4) is 17.2 Å². The zero-order chi connectivity index (χ0) is 17.8. The quantitative estimate of drug-likeness (QED) is 0.625. The van der Waals surface area contributed by atoms with Crippen LogP contribution in [0.3, 0.4) is 0 Å². The molecule has 1 aromatic heterocycles. The van der Waals surface area contributed by atoms with Crippen molar-refractivity contribution in [1.29, 1.82) is 0 Å². The molecule has 25 heavy (non-hydrogen) atoms. The first-order valence-corrected chi connectivity index (χ1v) is 8.29. The minimum absolute atomic E-state index is 0.162. The van der Waals surface area contributed by atoms with Gasteiger partial charge in [0.25, 0.3) is 0 Å². The second-order valence-corrected chi connectivity index (χ2v) is 6.15. The number of rotatable bonds is 5. The SMILES string of the molecule is Cn1cc(Oc2cccc(Cl)c2Cl)c(=O)cc1COc1ccccc1. The van der Waals surface area contributed by atoms with Gasteiger partial charge in [-0.3, -0.25) is 4.79 Å². The predicted molar refractivity (Wildman–Crippen MR) is 99.0 cm³/mol. The molecule has 0 aliphatic carbocycles. The van der Waals surface area contributed by atoms with Gasteiger partial charge in [-0.05, 0) is 24.3 Å². The highest BCUT2D eigenvalue weighted by molar-refractivity contribution is 6.42. The third-order valence-corrected chi connectivity index (χ3v) is 4.37. The van der Waals surface area contributed by atoms with Crippen LogP contribution in [0.4, 0.5) is 0 Å². The zero-order valence-electron chi connectivity index (χ0n) is 13.4. The maximum absolute atomic E-state index is 12.3. The first-order valence-electron chi connectivity index (χ1n) is 7.54. The van der Waals surface area contributed by atoms with Gasteiger partial charge in [-0.25, -0.2) is 0 Å². The number of hydrogen-bond donors (Lipinski definition) is 0. The summed E-state index contributed by atoms with van der Waals surface area (Å²) in [6.07, 6.45) is 1.60. The van der Waals surface area contributed by atoms with Gasteiger partial charge in [0.2, 0.25) is 5.43 Å². The van der Waals surface area contributed by atoms with Gasteiger partial charge in [0, 0.05) is 13.1 Å². The van der Waals surface area contributed by atoms with Crippen molar-refractivity contribution >= 4 is 23.2 Å². The van der Waals surface area contributed by atoms with Crippen LogP contribution in [0.15, 0.2) is 65.6 Å². The number of pyridine rings is 1. The summed E-state index contributed by atoms with van der Waals surface area (Å²) in [6, 6.07) is 15.9. The van der Waals surface area contributed by atoms with Gasteiger partial charge in [0.1, 0.15) is 23.1 Å². The van der Waals surface area contributed by atoms with E-state index in [9.17, 15) is 4.79 Å². The van der Waals surface area contributed by atoms with Gasteiger partial charge in [0.15, 0.2) is 5.75 Å². The van der Waals surface area contributed by atoms with E-state index in [1.54, 1.807) is 29.0 Å². The van der Waals surface area contributed by atoms with Crippen molar-refractivity contribution in [2.75, 3.05) is 0 Å². The van der Waals surface area contributed by atoms with Crippen molar-refractivity contribution < 1.29 is 9.47 Å². The molecular formula is C19H15Cl2NO3. The highest BCUT2D eigenvalue weighted by Gasteiger charge is 2.11. The molecule has 2 aromatic carbocycles. The molecule has 0 saturated heterocycles. The fourth-order valence-electron chi connectivity index (χ4n) is 2.22. The molecule has 3 rings (SSSR count). The topological polar surface area (TPSA) is 40.5 Å². The number of benzene rings is 2. The molecule has 0 bridgehead atoms. The molecule has 0 amide bonds. The second kappa shape index (κ2) is 7.64. The number of hydrogen-bond acceptors (Lipinski definition) is 3. The smallest absolute Gasteiger partial charge is 0.224 e. The Morgan fingerprint density at radius 2 is 1.76 bits per heavy atom. The second-order valence-electron chi connectivity index (χ2n) is 5.36. The molecular weight excluding hydrogens is 361 g/mol. The molecule has 4 nitrogen and oxygen atoms in total. The monoisotopic (exact) mass is 375 g/mol. The molecule has 3 aromatic rings. The highest BCUT2D eigenvalue weighted by Crippen LogP contribution is 2.33. The summed E-state index contributed by atoms with van der Waals surface area (Å²) >= 11 is 12.1. The fraction of sp³-hybridized carbons (Fsp3) is 0.105. The zero-order valence-corrected chi connectivity index (χ0v) is 14.9. The third kappa shape index (κ3) is 4.16. The minimum atomic E-state index is -0.263. The summed E-state index contributed by atoms with van der Waals surface area (Å²) in [5.74, 6) is 1.23. The van der Waals surface area contributed by atoms with Crippen LogP contribution in [0, 0.1) is 0 Å². The first kappa shape index (κ1) is 17.4. The molecule has 0 aliphatic rings. The lowest BCUT2D eigenvalue weighted by Gasteiger charge is -2.13. The Hall–Kier alpha value is -2.43. The predicted octanol–water partition coefficient (Wildman–Crippen LogP) is 5.06. The molecule has 1 heterocycles. The van der Waals surface area contributed by atoms with Crippen molar-refractivity contribution in [1.82, 2.24) is 4.57 Å². The molecule has 0 unspecified atom stereocenters. The highest BCUT2D eigenvalue weighted by atomic mass is 35.5. The minimum Gasteiger partial charge on any atom is -0.487 e. The van der Waals surface area contributed by atoms with E-state index in [1.165, 1.54) is 6.07 Å². The Morgan fingerprint density at radius 1 is 1.00 bits per heavy atom. The lowest BCUT2D eigenvalue weighted by Crippen LogP contribution is -2.13. The lowest BCUT2D eigenvalue weighted by molar-refractivity contribution is 0.295. The van der Waals surface area contributed by atoms with Gasteiger partial charge in [-0.1, -0.05) is 47.5 Å². The van der Waals surface area contributed by atoms with Gasteiger partial charge < -0.3 is 14.0 Å². The van der Waals surface area contributed by atoms with E-state index in [0.717, 1.165) is 11.4 Å². The van der Waals surface area contributed by atoms with E-state index >= 15 is 0 Å². The van der Waals surface area contributed by atoms with Crippen LogP contribution < -0.4 is 14.9 Å². The van der Waals surface area contributed by atoms with E-state index in [4.69, 9.17) is 32.7 Å². The summed E-state index contributed by atoms with van der Waals surface area (Å²) in [6.45, 7) is 0.272. The average molecular weight is 376 g/mol. The largest absolute Gasteiger partial charge is 0.487 e.